The van der Waals surface area contributed by atoms with Crippen LogP contribution in [0.3, 0.4) is 0 Å². The van der Waals surface area contributed by atoms with Gasteiger partial charge >= 0.3 is 0 Å². The Morgan fingerprint density at radius 1 is 0.800 bits per heavy atom. The van der Waals surface area contributed by atoms with E-state index in [1.54, 1.807) is 0 Å². The maximum Gasteiger partial charge on any atom is 0.169 e. The molecule has 1 saturated heterocycles. The van der Waals surface area contributed by atoms with Gasteiger partial charge < -0.3 is 0 Å². The molecule has 0 amide bonds. The molecule has 0 bridgehead atoms. The number of carbonyl (C=O) groups is 1. The Hall–Kier alpha value is -2.71. The Morgan fingerprint density at radius 2 is 1.36 bits per heavy atom. The van der Waals surface area contributed by atoms with E-state index in [9.17, 15) is 4.79 Å². The number of ketones is 1. The number of benzene rings is 3. The lowest BCUT2D eigenvalue weighted by atomic mass is 9.79. The molecule has 3 aromatic rings. The molecule has 124 valence electrons. The van der Waals surface area contributed by atoms with Gasteiger partial charge in [0.05, 0.1) is 5.92 Å². The summed E-state index contributed by atoms with van der Waals surface area (Å²) < 4.78 is 0. The van der Waals surface area contributed by atoms with E-state index in [0.29, 0.717) is 0 Å². The third-order valence-electron chi connectivity index (χ3n) is 5.10. The van der Waals surface area contributed by atoms with Crippen LogP contribution in [0, 0.1) is 5.92 Å². The molecule has 2 nitrogen and oxygen atoms in total. The Morgan fingerprint density at radius 3 is 1.96 bits per heavy atom. The maximum atomic E-state index is 13.0. The van der Waals surface area contributed by atoms with Gasteiger partial charge in [-0.05, 0) is 23.7 Å². The molecule has 0 aromatic heterocycles. The van der Waals surface area contributed by atoms with Crippen molar-refractivity contribution in [1.29, 1.82) is 0 Å². The normalized spacial score (nSPS) is 20.0. The molecule has 0 aliphatic carbocycles. The van der Waals surface area contributed by atoms with Gasteiger partial charge in [0.15, 0.2) is 5.78 Å². The Labute approximate surface area is 148 Å². The van der Waals surface area contributed by atoms with Crippen LogP contribution in [0.5, 0.6) is 0 Å². The fourth-order valence-electron chi connectivity index (χ4n) is 3.73. The molecule has 0 unspecified atom stereocenters. The highest BCUT2D eigenvalue weighted by molar-refractivity contribution is 5.99. The minimum atomic E-state index is 0.0370. The number of rotatable bonds is 4. The highest BCUT2D eigenvalue weighted by Gasteiger charge is 2.42. The SMILES string of the molecule is CN1C[C@H](C(=O)c2ccc(-c3ccccc3)cc2)[C@@H]1c1ccccc1. The molecular formula is C23H21NO. The van der Waals surface area contributed by atoms with Gasteiger partial charge in [0.25, 0.3) is 0 Å². The molecular weight excluding hydrogens is 306 g/mol. The van der Waals surface area contributed by atoms with Crippen LogP contribution < -0.4 is 0 Å². The standard InChI is InChI=1S/C23H21NO/c1-24-16-21(22(24)19-10-6-3-7-11-19)23(25)20-14-12-18(13-15-20)17-8-4-2-5-9-17/h2-15,21-22H,16H2,1H3/t21-,22-/m0/s1. The molecule has 1 fully saturated rings. The molecule has 25 heavy (non-hydrogen) atoms. The van der Waals surface area contributed by atoms with Crippen LogP contribution in [0.2, 0.25) is 0 Å². The van der Waals surface area contributed by atoms with Crippen molar-refractivity contribution in [2.75, 3.05) is 13.6 Å². The number of Topliss-reactive ketones (excluding diaryl/α,β-unsaturated/α-hetero) is 1. The molecule has 2 atom stereocenters. The second-order valence-corrected chi connectivity index (χ2v) is 6.71. The Kier molecular flexibility index (Phi) is 4.21. The van der Waals surface area contributed by atoms with E-state index in [4.69, 9.17) is 0 Å². The van der Waals surface area contributed by atoms with Crippen molar-refractivity contribution >= 4 is 5.78 Å². The predicted octanol–water partition coefficient (Wildman–Crippen LogP) is 4.84. The van der Waals surface area contributed by atoms with Crippen molar-refractivity contribution in [2.24, 2.45) is 5.92 Å². The van der Waals surface area contributed by atoms with Crippen LogP contribution >= 0.6 is 0 Å². The monoisotopic (exact) mass is 327 g/mol. The van der Waals surface area contributed by atoms with E-state index in [2.05, 4.69) is 36.2 Å². The number of carbonyl (C=O) groups excluding carboxylic acids is 1. The summed E-state index contributed by atoms with van der Waals surface area (Å²) in [6.45, 7) is 0.818. The summed E-state index contributed by atoms with van der Waals surface area (Å²) in [5.41, 5.74) is 4.34. The summed E-state index contributed by atoms with van der Waals surface area (Å²) in [4.78, 5) is 15.2. The molecule has 1 aliphatic rings. The number of likely N-dealkylation sites (tertiary alicyclic amines) is 1. The topological polar surface area (TPSA) is 20.3 Å². The average molecular weight is 327 g/mol. The lowest BCUT2D eigenvalue weighted by molar-refractivity contribution is 0.0341. The summed E-state index contributed by atoms with van der Waals surface area (Å²) in [6, 6.07) is 28.8. The fourth-order valence-corrected chi connectivity index (χ4v) is 3.73. The smallest absolute Gasteiger partial charge is 0.169 e. The first kappa shape index (κ1) is 15.8. The highest BCUT2D eigenvalue weighted by Crippen LogP contribution is 2.39. The van der Waals surface area contributed by atoms with Crippen LogP contribution in [0.1, 0.15) is 22.0 Å². The van der Waals surface area contributed by atoms with Gasteiger partial charge in [-0.1, -0.05) is 84.9 Å². The molecule has 2 heteroatoms. The molecule has 3 aromatic carbocycles. The van der Waals surface area contributed by atoms with Gasteiger partial charge in [-0.3, -0.25) is 9.69 Å². The molecule has 0 radical (unpaired) electrons. The van der Waals surface area contributed by atoms with Crippen LogP contribution in [-0.4, -0.2) is 24.3 Å². The van der Waals surface area contributed by atoms with Crippen LogP contribution in [0.25, 0.3) is 11.1 Å². The van der Waals surface area contributed by atoms with Crippen molar-refractivity contribution in [3.8, 4) is 11.1 Å². The molecule has 0 saturated carbocycles. The minimum Gasteiger partial charge on any atom is -0.298 e. The van der Waals surface area contributed by atoms with E-state index in [-0.39, 0.29) is 17.7 Å². The molecule has 0 spiro atoms. The highest BCUT2D eigenvalue weighted by atomic mass is 16.1. The van der Waals surface area contributed by atoms with Crippen LogP contribution in [0.15, 0.2) is 84.9 Å². The number of hydrogen-bond donors (Lipinski definition) is 0. The van der Waals surface area contributed by atoms with E-state index >= 15 is 0 Å². The Bertz CT molecular complexity index is 856. The number of nitrogens with zero attached hydrogens (tertiary/aromatic N) is 1. The third kappa shape index (κ3) is 3.01. The summed E-state index contributed by atoms with van der Waals surface area (Å²) in [7, 11) is 2.08. The van der Waals surface area contributed by atoms with Gasteiger partial charge in [0, 0.05) is 18.2 Å². The Balaban J connectivity index is 1.55. The van der Waals surface area contributed by atoms with Gasteiger partial charge in [-0.2, -0.15) is 0 Å². The molecule has 4 rings (SSSR count). The second kappa shape index (κ2) is 6.66. The van der Waals surface area contributed by atoms with Crippen molar-refractivity contribution in [2.45, 2.75) is 6.04 Å². The molecule has 1 heterocycles. The largest absolute Gasteiger partial charge is 0.298 e. The van der Waals surface area contributed by atoms with Crippen molar-refractivity contribution in [3.05, 3.63) is 96.1 Å². The first-order valence-electron chi connectivity index (χ1n) is 8.69. The lowest BCUT2D eigenvalue weighted by Gasteiger charge is -2.45. The summed E-state index contributed by atoms with van der Waals surface area (Å²) in [6.07, 6.45) is 0. The zero-order valence-electron chi connectivity index (χ0n) is 14.3. The van der Waals surface area contributed by atoms with Crippen molar-refractivity contribution in [3.63, 3.8) is 0 Å². The summed E-state index contributed by atoms with van der Waals surface area (Å²) in [5, 5.41) is 0. The van der Waals surface area contributed by atoms with E-state index < -0.39 is 0 Å². The van der Waals surface area contributed by atoms with Gasteiger partial charge in [-0.15, -0.1) is 0 Å². The first-order chi connectivity index (χ1) is 12.2. The van der Waals surface area contributed by atoms with Crippen molar-refractivity contribution < 1.29 is 4.79 Å². The third-order valence-corrected chi connectivity index (χ3v) is 5.10. The van der Waals surface area contributed by atoms with Crippen LogP contribution in [0.4, 0.5) is 0 Å². The van der Waals surface area contributed by atoms with Gasteiger partial charge in [0.2, 0.25) is 0 Å². The maximum absolute atomic E-state index is 13.0. The summed E-state index contributed by atoms with van der Waals surface area (Å²) in [5.74, 6) is 0.279. The van der Waals surface area contributed by atoms with Crippen molar-refractivity contribution in [1.82, 2.24) is 4.90 Å². The number of hydrogen-bond acceptors (Lipinski definition) is 2. The minimum absolute atomic E-state index is 0.0370. The molecule has 0 N–H and O–H groups in total. The van der Waals surface area contributed by atoms with E-state index in [0.717, 1.165) is 17.7 Å². The van der Waals surface area contributed by atoms with Gasteiger partial charge in [0.1, 0.15) is 0 Å². The van der Waals surface area contributed by atoms with E-state index in [1.807, 2.05) is 60.7 Å². The zero-order chi connectivity index (χ0) is 17.2. The zero-order valence-corrected chi connectivity index (χ0v) is 14.3. The van der Waals surface area contributed by atoms with Gasteiger partial charge in [-0.25, -0.2) is 0 Å². The predicted molar refractivity (Wildman–Crippen MR) is 102 cm³/mol. The van der Waals surface area contributed by atoms with Crippen LogP contribution in [-0.2, 0) is 0 Å². The fraction of sp³-hybridized carbons (Fsp3) is 0.174. The quantitative estimate of drug-likeness (QED) is 0.639. The first-order valence-corrected chi connectivity index (χ1v) is 8.69. The molecule has 1 aliphatic heterocycles. The average Bonchev–Trinajstić information content (AvgIpc) is 2.67. The second-order valence-electron chi connectivity index (χ2n) is 6.71. The van der Waals surface area contributed by atoms with E-state index in [1.165, 1.54) is 11.1 Å². The lowest BCUT2D eigenvalue weighted by Crippen LogP contribution is -2.50. The summed E-state index contributed by atoms with van der Waals surface area (Å²) >= 11 is 0.